The lowest BCUT2D eigenvalue weighted by atomic mass is 9.86. The summed E-state index contributed by atoms with van der Waals surface area (Å²) in [6, 6.07) is 6.19. The van der Waals surface area contributed by atoms with E-state index in [0.717, 1.165) is 5.52 Å². The fourth-order valence-corrected chi connectivity index (χ4v) is 1.75. The van der Waals surface area contributed by atoms with Crippen LogP contribution in [-0.2, 0) is 7.05 Å². The first-order valence-corrected chi connectivity index (χ1v) is 4.69. The number of aromatic nitrogens is 1. The van der Waals surface area contributed by atoms with Gasteiger partial charge in [0.15, 0.2) is 0 Å². The van der Waals surface area contributed by atoms with E-state index < -0.39 is 13.1 Å². The van der Waals surface area contributed by atoms with E-state index in [9.17, 15) is 4.79 Å². The van der Waals surface area contributed by atoms with Crippen LogP contribution in [0, 0.1) is 0 Å². The minimum atomic E-state index is -1.56. The second-order valence-electron chi connectivity index (χ2n) is 3.58. The molecule has 0 aliphatic rings. The SMILES string of the molecule is Cn1c(B(O)O)cc2cc(C(=O)O)ccc21. The Balaban J connectivity index is 2.67. The summed E-state index contributed by atoms with van der Waals surface area (Å²) in [5, 5.41) is 27.7. The molecule has 16 heavy (non-hydrogen) atoms. The number of benzene rings is 1. The molecule has 0 unspecified atom stereocenters. The first-order valence-electron chi connectivity index (χ1n) is 4.69. The zero-order chi connectivity index (χ0) is 11.9. The third-order valence-electron chi connectivity index (χ3n) is 2.59. The number of aryl methyl sites for hydroxylation is 1. The molecule has 6 heteroatoms. The van der Waals surface area contributed by atoms with Crippen LogP contribution in [-0.4, -0.2) is 32.8 Å². The molecule has 0 amide bonds. The third-order valence-corrected chi connectivity index (χ3v) is 2.59. The predicted molar refractivity (Wildman–Crippen MR) is 59.7 cm³/mol. The van der Waals surface area contributed by atoms with Crippen molar-refractivity contribution in [2.75, 3.05) is 0 Å². The smallest absolute Gasteiger partial charge is 0.478 e. The van der Waals surface area contributed by atoms with Gasteiger partial charge in [-0.25, -0.2) is 4.79 Å². The molecule has 0 saturated heterocycles. The highest BCUT2D eigenvalue weighted by Crippen LogP contribution is 2.15. The molecular weight excluding hydrogens is 209 g/mol. The molecule has 0 bridgehead atoms. The van der Waals surface area contributed by atoms with Crippen LogP contribution in [0.15, 0.2) is 24.3 Å². The molecule has 0 fully saturated rings. The molecule has 2 rings (SSSR count). The fraction of sp³-hybridized carbons (Fsp3) is 0.100. The largest absolute Gasteiger partial charge is 0.505 e. The summed E-state index contributed by atoms with van der Waals surface area (Å²) in [6.07, 6.45) is 0. The van der Waals surface area contributed by atoms with Gasteiger partial charge in [0, 0.05) is 23.5 Å². The van der Waals surface area contributed by atoms with Crippen molar-refractivity contribution in [3.8, 4) is 0 Å². The lowest BCUT2D eigenvalue weighted by Crippen LogP contribution is -2.34. The number of hydrogen-bond acceptors (Lipinski definition) is 3. The molecule has 0 radical (unpaired) electrons. The Morgan fingerprint density at radius 2 is 2.00 bits per heavy atom. The Labute approximate surface area is 91.7 Å². The lowest BCUT2D eigenvalue weighted by molar-refractivity contribution is 0.0697. The van der Waals surface area contributed by atoms with E-state index in [1.54, 1.807) is 23.7 Å². The van der Waals surface area contributed by atoms with E-state index in [-0.39, 0.29) is 5.56 Å². The van der Waals surface area contributed by atoms with E-state index in [1.807, 2.05) is 0 Å². The summed E-state index contributed by atoms with van der Waals surface area (Å²) in [5.41, 5.74) is 1.27. The van der Waals surface area contributed by atoms with Crippen molar-refractivity contribution < 1.29 is 19.9 Å². The molecule has 0 aliphatic carbocycles. The van der Waals surface area contributed by atoms with Gasteiger partial charge >= 0.3 is 13.1 Å². The molecule has 1 aromatic heterocycles. The Morgan fingerprint density at radius 3 is 2.56 bits per heavy atom. The van der Waals surface area contributed by atoms with Crippen LogP contribution in [0.1, 0.15) is 10.4 Å². The van der Waals surface area contributed by atoms with Crippen LogP contribution < -0.4 is 5.59 Å². The maximum absolute atomic E-state index is 10.8. The molecule has 2 aromatic rings. The maximum Gasteiger partial charge on any atom is 0.505 e. The van der Waals surface area contributed by atoms with Crippen molar-refractivity contribution in [3.05, 3.63) is 29.8 Å². The molecule has 82 valence electrons. The summed E-state index contributed by atoms with van der Waals surface area (Å²) < 4.78 is 1.62. The minimum Gasteiger partial charge on any atom is -0.478 e. The van der Waals surface area contributed by atoms with Gasteiger partial charge < -0.3 is 19.7 Å². The minimum absolute atomic E-state index is 0.178. The zero-order valence-corrected chi connectivity index (χ0v) is 8.58. The van der Waals surface area contributed by atoms with Gasteiger partial charge in [-0.1, -0.05) is 0 Å². The van der Waals surface area contributed by atoms with Gasteiger partial charge in [-0.3, -0.25) is 0 Å². The van der Waals surface area contributed by atoms with Crippen molar-refractivity contribution in [1.29, 1.82) is 0 Å². The third kappa shape index (κ3) is 1.58. The number of rotatable bonds is 2. The normalized spacial score (nSPS) is 10.7. The van der Waals surface area contributed by atoms with Crippen LogP contribution >= 0.6 is 0 Å². The summed E-state index contributed by atoms with van der Waals surface area (Å²) in [7, 11) is 0.128. The number of nitrogens with zero attached hydrogens (tertiary/aromatic N) is 1. The van der Waals surface area contributed by atoms with E-state index in [2.05, 4.69) is 0 Å². The average Bonchev–Trinajstić information content (AvgIpc) is 2.55. The molecule has 0 spiro atoms. The van der Waals surface area contributed by atoms with E-state index in [4.69, 9.17) is 15.2 Å². The topological polar surface area (TPSA) is 82.7 Å². The number of fused-ring (bicyclic) bond motifs is 1. The van der Waals surface area contributed by atoms with Crippen molar-refractivity contribution >= 4 is 29.6 Å². The Bertz CT molecular complexity index is 561. The molecule has 1 heterocycles. The lowest BCUT2D eigenvalue weighted by Gasteiger charge is -2.02. The van der Waals surface area contributed by atoms with Gasteiger partial charge in [0.05, 0.1) is 5.56 Å². The van der Waals surface area contributed by atoms with E-state index in [1.165, 1.54) is 12.1 Å². The molecule has 0 atom stereocenters. The quantitative estimate of drug-likeness (QED) is 0.597. The van der Waals surface area contributed by atoms with Crippen LogP contribution in [0.2, 0.25) is 0 Å². The number of carboxylic acids is 1. The number of carboxylic acid groups (broad SMARTS) is 1. The van der Waals surface area contributed by atoms with Crippen LogP contribution in [0.5, 0.6) is 0 Å². The van der Waals surface area contributed by atoms with E-state index >= 15 is 0 Å². The first-order chi connectivity index (χ1) is 7.50. The van der Waals surface area contributed by atoms with Crippen LogP contribution in [0.25, 0.3) is 10.9 Å². The highest BCUT2D eigenvalue weighted by molar-refractivity contribution is 6.58. The van der Waals surface area contributed by atoms with Gasteiger partial charge in [-0.05, 0) is 24.3 Å². The number of aromatic carboxylic acids is 1. The second-order valence-corrected chi connectivity index (χ2v) is 3.58. The molecule has 3 N–H and O–H groups in total. The Hall–Kier alpha value is -1.79. The van der Waals surface area contributed by atoms with Gasteiger partial charge in [-0.2, -0.15) is 0 Å². The molecule has 1 aromatic carbocycles. The Morgan fingerprint density at radius 1 is 1.31 bits per heavy atom. The van der Waals surface area contributed by atoms with Crippen molar-refractivity contribution in [1.82, 2.24) is 4.57 Å². The van der Waals surface area contributed by atoms with E-state index in [0.29, 0.717) is 11.0 Å². The number of hydrogen-bond donors (Lipinski definition) is 3. The highest BCUT2D eigenvalue weighted by Gasteiger charge is 2.17. The summed E-state index contributed by atoms with van der Waals surface area (Å²) in [4.78, 5) is 10.8. The maximum atomic E-state index is 10.8. The second kappa shape index (κ2) is 3.66. The van der Waals surface area contributed by atoms with Crippen molar-refractivity contribution in [3.63, 3.8) is 0 Å². The fourth-order valence-electron chi connectivity index (χ4n) is 1.75. The number of carbonyl (C=O) groups is 1. The average molecular weight is 219 g/mol. The van der Waals surface area contributed by atoms with Gasteiger partial charge in [-0.15, -0.1) is 0 Å². The van der Waals surface area contributed by atoms with Gasteiger partial charge in [0.1, 0.15) is 0 Å². The summed E-state index contributed by atoms with van der Waals surface area (Å²) in [5.74, 6) is -1.00. The van der Waals surface area contributed by atoms with Crippen LogP contribution in [0.4, 0.5) is 0 Å². The highest BCUT2D eigenvalue weighted by atomic mass is 16.4. The summed E-state index contributed by atoms with van der Waals surface area (Å²) >= 11 is 0. The van der Waals surface area contributed by atoms with Gasteiger partial charge in [0.2, 0.25) is 0 Å². The monoisotopic (exact) mass is 219 g/mol. The predicted octanol–water partition coefficient (Wildman–Crippen LogP) is -0.444. The zero-order valence-electron chi connectivity index (χ0n) is 8.58. The molecule has 0 saturated carbocycles. The first kappa shape index (κ1) is 10.7. The molecule has 0 aliphatic heterocycles. The summed E-state index contributed by atoms with van der Waals surface area (Å²) in [6.45, 7) is 0. The van der Waals surface area contributed by atoms with Crippen molar-refractivity contribution in [2.24, 2.45) is 7.05 Å². The van der Waals surface area contributed by atoms with Crippen LogP contribution in [0.3, 0.4) is 0 Å². The molecule has 5 nitrogen and oxygen atoms in total. The Kier molecular flexibility index (Phi) is 2.45. The van der Waals surface area contributed by atoms with Crippen molar-refractivity contribution in [2.45, 2.75) is 0 Å². The standard InChI is InChI=1S/C10H10BNO4/c1-12-8-3-2-6(10(13)14)4-7(8)5-9(12)11(15)16/h2-5,15-16H,1H3,(H,13,14). The molecular formula is C10H10BNO4. The van der Waals surface area contributed by atoms with Gasteiger partial charge in [0.25, 0.3) is 0 Å².